The molecule has 2 saturated heterocycles. The molecule has 0 amide bonds. The Balaban J connectivity index is 1.44. The van der Waals surface area contributed by atoms with Crippen molar-refractivity contribution in [3.05, 3.63) is 62.7 Å². The standard InChI is InChI=1S/C17H20FN2O8P/c1-24-12-5-3-2-4-10(12)8-25-29(23)26-9-14-13(28-29)6-15(27-14)20-7-11(18)16(21)19-17(20)22/h2-5,7,13-15,23,29H,6,8-9H2,1H3,(H,19,21,22)/t13-,14+,15+/m0/s1. The minimum atomic E-state index is -3.96. The van der Waals surface area contributed by atoms with Gasteiger partial charge in [0.2, 0.25) is 0 Å². The van der Waals surface area contributed by atoms with Gasteiger partial charge < -0.3 is 0 Å². The average Bonchev–Trinajstić information content (AvgIpc) is 3.12. The van der Waals surface area contributed by atoms with Crippen LogP contribution in [-0.4, -0.2) is 40.4 Å². The second kappa shape index (κ2) is 7.94. The number of hydrogen-bond acceptors (Lipinski definition) is 8. The SMILES string of the molecule is COc1ccccc1CO[PH]1(O)OC[C@H]2O[C@@H](n3cc(F)c(=O)[nH]c3=O)C[C@@H]2O1. The number of methoxy groups -OCH3 is 1. The molecule has 0 radical (unpaired) electrons. The predicted octanol–water partition coefficient (Wildman–Crippen LogP) is 1.01. The molecule has 0 unspecified atom stereocenters. The van der Waals surface area contributed by atoms with E-state index in [2.05, 4.69) is 0 Å². The quantitative estimate of drug-likeness (QED) is 0.675. The average molecular weight is 430 g/mol. The molecule has 2 N–H and O–H groups in total. The fourth-order valence-corrected chi connectivity index (χ4v) is 4.86. The van der Waals surface area contributed by atoms with Crippen molar-refractivity contribution in [2.75, 3.05) is 13.7 Å². The predicted molar refractivity (Wildman–Crippen MR) is 98.9 cm³/mol. The van der Waals surface area contributed by atoms with Crippen LogP contribution in [0.4, 0.5) is 4.39 Å². The van der Waals surface area contributed by atoms with Gasteiger partial charge in [0, 0.05) is 0 Å². The van der Waals surface area contributed by atoms with Gasteiger partial charge in [-0.3, -0.25) is 0 Å². The van der Waals surface area contributed by atoms with Crippen LogP contribution in [0.25, 0.3) is 0 Å². The second-order valence-corrected chi connectivity index (χ2v) is 8.46. The number of H-pyrrole nitrogens is 1. The van der Waals surface area contributed by atoms with Crippen LogP contribution in [-0.2, 0) is 24.9 Å². The summed E-state index contributed by atoms with van der Waals surface area (Å²) < 4.78 is 42.0. The normalized spacial score (nSPS) is 26.7. The molecule has 2 aromatic rings. The van der Waals surface area contributed by atoms with E-state index in [0.29, 0.717) is 11.3 Å². The molecule has 29 heavy (non-hydrogen) atoms. The Bertz CT molecular complexity index is 1010. The van der Waals surface area contributed by atoms with E-state index in [1.165, 1.54) is 7.11 Å². The number of nitrogens with zero attached hydrogens (tertiary/aromatic N) is 1. The summed E-state index contributed by atoms with van der Waals surface area (Å²) in [5.74, 6) is -0.506. The Morgan fingerprint density at radius 3 is 2.93 bits per heavy atom. The maximum absolute atomic E-state index is 13.6. The maximum atomic E-state index is 13.6. The molecule has 1 aromatic heterocycles. The molecule has 12 heteroatoms. The summed E-state index contributed by atoms with van der Waals surface area (Å²) in [7, 11) is -2.43. The molecule has 2 fully saturated rings. The van der Waals surface area contributed by atoms with E-state index in [9.17, 15) is 18.9 Å². The van der Waals surface area contributed by atoms with Gasteiger partial charge in [0.15, 0.2) is 0 Å². The van der Waals surface area contributed by atoms with Crippen molar-refractivity contribution in [1.29, 1.82) is 0 Å². The van der Waals surface area contributed by atoms with Crippen LogP contribution in [0.5, 0.6) is 5.75 Å². The van der Waals surface area contributed by atoms with Crippen molar-refractivity contribution in [2.45, 2.75) is 31.5 Å². The van der Waals surface area contributed by atoms with Crippen LogP contribution in [0, 0.1) is 5.82 Å². The Morgan fingerprint density at radius 2 is 2.14 bits per heavy atom. The molecule has 0 spiro atoms. The molecule has 3 heterocycles. The zero-order chi connectivity index (χ0) is 20.6. The number of para-hydroxylation sites is 1. The Hall–Kier alpha value is -2.14. The molecular formula is C17H20FN2O8P. The van der Waals surface area contributed by atoms with Crippen molar-refractivity contribution in [1.82, 2.24) is 9.55 Å². The van der Waals surface area contributed by atoms with Crippen LogP contribution < -0.4 is 16.0 Å². The van der Waals surface area contributed by atoms with Crippen molar-refractivity contribution in [3.8, 4) is 5.75 Å². The topological polar surface area (TPSA) is 121 Å². The van der Waals surface area contributed by atoms with Gasteiger partial charge in [0.1, 0.15) is 0 Å². The number of aromatic amines is 1. The van der Waals surface area contributed by atoms with E-state index in [0.717, 1.165) is 10.8 Å². The van der Waals surface area contributed by atoms with Crippen LogP contribution in [0.15, 0.2) is 40.1 Å². The van der Waals surface area contributed by atoms with Gasteiger partial charge in [-0.05, 0) is 0 Å². The summed E-state index contributed by atoms with van der Waals surface area (Å²) >= 11 is 0. The van der Waals surface area contributed by atoms with Gasteiger partial charge in [0.25, 0.3) is 0 Å². The number of nitrogens with one attached hydrogen (secondary N) is 1. The molecule has 1 aromatic carbocycles. The number of benzene rings is 1. The van der Waals surface area contributed by atoms with Gasteiger partial charge in [-0.1, -0.05) is 0 Å². The van der Waals surface area contributed by atoms with E-state index < -0.39 is 43.7 Å². The third-order valence-corrected chi connectivity index (χ3v) is 6.39. The molecule has 0 saturated carbocycles. The molecule has 2 aliphatic rings. The fourth-order valence-electron chi connectivity index (χ4n) is 3.30. The summed E-state index contributed by atoms with van der Waals surface area (Å²) in [6.07, 6.45) is -1.15. The Kier molecular flexibility index (Phi) is 5.52. The molecule has 2 aliphatic heterocycles. The van der Waals surface area contributed by atoms with Crippen LogP contribution in [0.2, 0.25) is 0 Å². The van der Waals surface area contributed by atoms with Crippen molar-refractivity contribution in [2.24, 2.45) is 0 Å². The van der Waals surface area contributed by atoms with E-state index >= 15 is 0 Å². The van der Waals surface area contributed by atoms with E-state index in [1.807, 2.05) is 17.1 Å². The van der Waals surface area contributed by atoms with Crippen molar-refractivity contribution < 1.29 is 32.3 Å². The van der Waals surface area contributed by atoms with Crippen LogP contribution in [0.1, 0.15) is 18.2 Å². The van der Waals surface area contributed by atoms with Gasteiger partial charge >= 0.3 is 164 Å². The fraction of sp³-hybridized carbons (Fsp3) is 0.412. The zero-order valence-corrected chi connectivity index (χ0v) is 16.4. The first-order chi connectivity index (χ1) is 13.9. The summed E-state index contributed by atoms with van der Waals surface area (Å²) in [6, 6.07) is 7.17. The van der Waals surface area contributed by atoms with Crippen LogP contribution in [0.3, 0.4) is 0 Å². The monoisotopic (exact) mass is 430 g/mol. The van der Waals surface area contributed by atoms with Gasteiger partial charge in [0.05, 0.1) is 0 Å². The van der Waals surface area contributed by atoms with Gasteiger partial charge in [-0.15, -0.1) is 0 Å². The molecule has 4 rings (SSSR count). The third kappa shape index (κ3) is 4.11. The summed E-state index contributed by atoms with van der Waals surface area (Å²) in [6.45, 7) is -0.00456. The number of aromatic nitrogens is 2. The minimum absolute atomic E-state index is 0.0129. The first-order valence-corrected chi connectivity index (χ1v) is 10.5. The Labute approximate surface area is 164 Å². The summed E-state index contributed by atoms with van der Waals surface area (Å²) in [4.78, 5) is 35.7. The number of fused-ring (bicyclic) bond motifs is 1. The number of halogens is 1. The molecule has 3 atom stereocenters. The third-order valence-electron chi connectivity index (χ3n) is 4.75. The first-order valence-electron chi connectivity index (χ1n) is 8.85. The van der Waals surface area contributed by atoms with Gasteiger partial charge in [-0.2, -0.15) is 0 Å². The van der Waals surface area contributed by atoms with Crippen molar-refractivity contribution in [3.63, 3.8) is 0 Å². The number of rotatable bonds is 5. The number of ether oxygens (including phenoxy) is 2. The Morgan fingerprint density at radius 1 is 1.34 bits per heavy atom. The first kappa shape index (κ1) is 20.1. The molecular weight excluding hydrogens is 410 g/mol. The summed E-state index contributed by atoms with van der Waals surface area (Å²) in [5.41, 5.74) is -1.20. The van der Waals surface area contributed by atoms with Gasteiger partial charge in [-0.25, -0.2) is 0 Å². The van der Waals surface area contributed by atoms with E-state index in [-0.39, 0.29) is 19.6 Å². The van der Waals surface area contributed by atoms with Crippen molar-refractivity contribution >= 4 is 8.17 Å². The number of hydrogen-bond donors (Lipinski definition) is 2. The molecule has 158 valence electrons. The van der Waals surface area contributed by atoms with E-state index in [4.69, 9.17) is 23.0 Å². The van der Waals surface area contributed by atoms with E-state index in [1.54, 1.807) is 12.1 Å². The second-order valence-electron chi connectivity index (χ2n) is 6.60. The molecule has 0 aliphatic carbocycles. The zero-order valence-electron chi connectivity index (χ0n) is 15.4. The molecule has 10 nitrogen and oxygen atoms in total. The summed E-state index contributed by atoms with van der Waals surface area (Å²) in [5, 5.41) is 0. The van der Waals surface area contributed by atoms with Crippen LogP contribution >= 0.6 is 8.17 Å². The molecule has 0 bridgehead atoms.